The molecular weight excluding hydrogens is 392 g/mol. The van der Waals surface area contributed by atoms with E-state index in [1.165, 1.54) is 30.2 Å². The van der Waals surface area contributed by atoms with Crippen LogP contribution < -0.4 is 5.32 Å². The van der Waals surface area contributed by atoms with Crippen molar-refractivity contribution in [2.24, 2.45) is 0 Å². The highest BCUT2D eigenvalue weighted by Crippen LogP contribution is 2.37. The molecule has 1 aromatic carbocycles. The van der Waals surface area contributed by atoms with Crippen molar-refractivity contribution in [2.45, 2.75) is 95.8 Å². The second-order valence-corrected chi connectivity index (χ2v) is 10.3. The number of hydrogen-bond acceptors (Lipinski definition) is 4. The largest absolute Gasteiger partial charge is 0.353 e. The molecule has 1 aliphatic rings. The number of aromatic nitrogens is 3. The lowest BCUT2D eigenvalue weighted by Crippen LogP contribution is -2.35. The van der Waals surface area contributed by atoms with Gasteiger partial charge >= 0.3 is 0 Å². The van der Waals surface area contributed by atoms with Gasteiger partial charge in [-0.2, -0.15) is 0 Å². The number of nitrogens with zero attached hydrogens (tertiary/aromatic N) is 3. The minimum Gasteiger partial charge on any atom is -0.353 e. The summed E-state index contributed by atoms with van der Waals surface area (Å²) >= 11 is 1.51. The molecule has 1 aliphatic carbocycles. The van der Waals surface area contributed by atoms with E-state index in [0.29, 0.717) is 11.8 Å². The molecule has 30 heavy (non-hydrogen) atoms. The second kappa shape index (κ2) is 9.99. The predicted octanol–water partition coefficient (Wildman–Crippen LogP) is 5.75. The lowest BCUT2D eigenvalue weighted by molar-refractivity contribution is -0.119. The highest BCUT2D eigenvalue weighted by Gasteiger charge is 2.25. The molecule has 1 saturated carbocycles. The Labute approximate surface area is 185 Å². The summed E-state index contributed by atoms with van der Waals surface area (Å²) in [6.45, 7) is 10.9. The van der Waals surface area contributed by atoms with E-state index in [1.807, 2.05) is 0 Å². The number of benzene rings is 1. The maximum absolute atomic E-state index is 12.4. The van der Waals surface area contributed by atoms with Crippen LogP contribution in [0.4, 0.5) is 0 Å². The van der Waals surface area contributed by atoms with Crippen molar-refractivity contribution in [3.63, 3.8) is 0 Å². The van der Waals surface area contributed by atoms with Crippen molar-refractivity contribution >= 4 is 17.7 Å². The standard InChI is InChI=1S/C24H36N4OS/c1-6-19(7-2)25-21(29)16-30-23-27-26-22(28(23)20-10-8-9-11-20)17-12-14-18(15-13-17)24(3,4)5/h12-15,19-20H,6-11,16H2,1-5H3,(H,25,29). The summed E-state index contributed by atoms with van der Waals surface area (Å²) in [6.07, 6.45) is 6.70. The molecule has 1 heterocycles. The van der Waals surface area contributed by atoms with E-state index >= 15 is 0 Å². The highest BCUT2D eigenvalue weighted by atomic mass is 32.2. The molecule has 0 radical (unpaired) electrons. The molecule has 3 rings (SSSR count). The van der Waals surface area contributed by atoms with E-state index < -0.39 is 0 Å². The topological polar surface area (TPSA) is 59.8 Å². The Balaban J connectivity index is 1.81. The van der Waals surface area contributed by atoms with Crippen molar-refractivity contribution in [1.82, 2.24) is 20.1 Å². The van der Waals surface area contributed by atoms with Crippen LogP contribution in [0.15, 0.2) is 29.4 Å². The number of thioether (sulfide) groups is 1. The van der Waals surface area contributed by atoms with E-state index in [1.54, 1.807) is 0 Å². The molecule has 6 heteroatoms. The maximum atomic E-state index is 12.4. The van der Waals surface area contributed by atoms with Crippen LogP contribution in [0, 0.1) is 0 Å². The molecule has 0 bridgehead atoms. The number of carbonyl (C=O) groups excluding carboxylic acids is 1. The SMILES string of the molecule is CCC(CC)NC(=O)CSc1nnc(-c2ccc(C(C)(C)C)cc2)n1C1CCCC1. The first kappa shape index (κ1) is 22.9. The van der Waals surface area contributed by atoms with E-state index in [9.17, 15) is 4.79 Å². The fourth-order valence-corrected chi connectivity index (χ4v) is 4.89. The average molecular weight is 429 g/mol. The molecule has 164 valence electrons. The molecule has 5 nitrogen and oxygen atoms in total. The third kappa shape index (κ3) is 5.45. The number of rotatable bonds is 8. The van der Waals surface area contributed by atoms with Gasteiger partial charge in [0.05, 0.1) is 5.75 Å². The number of nitrogens with one attached hydrogen (secondary N) is 1. The number of hydrogen-bond donors (Lipinski definition) is 1. The lowest BCUT2D eigenvalue weighted by atomic mass is 9.86. The Kier molecular flexibility index (Phi) is 7.61. The zero-order chi connectivity index (χ0) is 21.7. The lowest BCUT2D eigenvalue weighted by Gasteiger charge is -2.20. The summed E-state index contributed by atoms with van der Waals surface area (Å²) in [5, 5.41) is 13.0. The van der Waals surface area contributed by atoms with E-state index in [2.05, 4.69) is 79.0 Å². The summed E-state index contributed by atoms with van der Waals surface area (Å²) in [5.41, 5.74) is 2.53. The molecule has 0 atom stereocenters. The van der Waals surface area contributed by atoms with Gasteiger partial charge in [0.2, 0.25) is 5.91 Å². The zero-order valence-corrected chi connectivity index (χ0v) is 19.9. The first-order chi connectivity index (χ1) is 14.3. The van der Waals surface area contributed by atoms with Crippen LogP contribution in [0.2, 0.25) is 0 Å². The Morgan fingerprint density at radius 1 is 1.13 bits per heavy atom. The van der Waals surface area contributed by atoms with Crippen LogP contribution in [0.5, 0.6) is 0 Å². The number of amides is 1. The van der Waals surface area contributed by atoms with Crippen molar-refractivity contribution in [2.75, 3.05) is 5.75 Å². The summed E-state index contributed by atoms with van der Waals surface area (Å²) in [7, 11) is 0. The fraction of sp³-hybridized carbons (Fsp3) is 0.625. The highest BCUT2D eigenvalue weighted by molar-refractivity contribution is 7.99. The summed E-state index contributed by atoms with van der Waals surface area (Å²) in [4.78, 5) is 12.4. The van der Waals surface area contributed by atoms with Gasteiger partial charge in [-0.25, -0.2) is 0 Å². The molecular formula is C24H36N4OS. The smallest absolute Gasteiger partial charge is 0.230 e. The molecule has 0 aliphatic heterocycles. The third-order valence-corrected chi connectivity index (χ3v) is 6.99. The molecule has 1 fully saturated rings. The van der Waals surface area contributed by atoms with E-state index in [0.717, 1.165) is 42.2 Å². The van der Waals surface area contributed by atoms with Crippen LogP contribution in [0.25, 0.3) is 11.4 Å². The van der Waals surface area contributed by atoms with Gasteiger partial charge in [-0.05, 0) is 36.7 Å². The summed E-state index contributed by atoms with van der Waals surface area (Å²) in [5.74, 6) is 1.38. The molecule has 0 spiro atoms. The van der Waals surface area contributed by atoms with Gasteiger partial charge in [0, 0.05) is 17.6 Å². The monoisotopic (exact) mass is 428 g/mol. The van der Waals surface area contributed by atoms with Crippen LogP contribution in [0.3, 0.4) is 0 Å². The average Bonchev–Trinajstić information content (AvgIpc) is 3.39. The minimum absolute atomic E-state index is 0.0748. The summed E-state index contributed by atoms with van der Waals surface area (Å²) < 4.78 is 2.29. The van der Waals surface area contributed by atoms with Crippen LogP contribution in [-0.2, 0) is 10.2 Å². The Hall–Kier alpha value is -1.82. The van der Waals surface area contributed by atoms with Gasteiger partial charge in [0.1, 0.15) is 0 Å². The van der Waals surface area contributed by atoms with Crippen LogP contribution >= 0.6 is 11.8 Å². The van der Waals surface area contributed by atoms with Gasteiger partial charge in [0.15, 0.2) is 11.0 Å². The van der Waals surface area contributed by atoms with Crippen LogP contribution in [0.1, 0.15) is 84.7 Å². The predicted molar refractivity (Wildman–Crippen MR) is 125 cm³/mol. The second-order valence-electron chi connectivity index (χ2n) is 9.31. The van der Waals surface area contributed by atoms with E-state index in [-0.39, 0.29) is 17.4 Å². The van der Waals surface area contributed by atoms with Crippen molar-refractivity contribution < 1.29 is 4.79 Å². The fourth-order valence-electron chi connectivity index (χ4n) is 4.08. The van der Waals surface area contributed by atoms with Gasteiger partial charge in [-0.15, -0.1) is 10.2 Å². The van der Waals surface area contributed by atoms with Gasteiger partial charge in [-0.1, -0.05) is 83.5 Å². The quantitative estimate of drug-likeness (QED) is 0.544. The first-order valence-electron chi connectivity index (χ1n) is 11.3. The minimum atomic E-state index is 0.0748. The van der Waals surface area contributed by atoms with Gasteiger partial charge in [0.25, 0.3) is 0 Å². The molecule has 1 N–H and O–H groups in total. The third-order valence-electron chi connectivity index (χ3n) is 6.05. The van der Waals surface area contributed by atoms with Crippen LogP contribution in [-0.4, -0.2) is 32.5 Å². The Bertz CT molecular complexity index is 828. The molecule has 2 aromatic rings. The van der Waals surface area contributed by atoms with Gasteiger partial charge < -0.3 is 5.32 Å². The molecule has 1 amide bonds. The zero-order valence-electron chi connectivity index (χ0n) is 19.1. The first-order valence-corrected chi connectivity index (χ1v) is 12.3. The maximum Gasteiger partial charge on any atom is 0.230 e. The molecule has 0 saturated heterocycles. The summed E-state index contributed by atoms with van der Waals surface area (Å²) in [6, 6.07) is 9.37. The van der Waals surface area contributed by atoms with Crippen molar-refractivity contribution in [3.8, 4) is 11.4 Å². The normalized spacial score (nSPS) is 15.1. The molecule has 1 aromatic heterocycles. The van der Waals surface area contributed by atoms with Crippen molar-refractivity contribution in [3.05, 3.63) is 29.8 Å². The van der Waals surface area contributed by atoms with E-state index in [4.69, 9.17) is 0 Å². The Morgan fingerprint density at radius 3 is 2.33 bits per heavy atom. The number of carbonyl (C=O) groups is 1. The molecule has 0 unspecified atom stereocenters. The van der Waals surface area contributed by atoms with Gasteiger partial charge in [-0.3, -0.25) is 9.36 Å². The Morgan fingerprint density at radius 2 is 1.77 bits per heavy atom. The van der Waals surface area contributed by atoms with Crippen molar-refractivity contribution in [1.29, 1.82) is 0 Å².